The minimum absolute atomic E-state index is 0.971. The summed E-state index contributed by atoms with van der Waals surface area (Å²) in [7, 11) is 0. The molecule has 0 radical (unpaired) electrons. The summed E-state index contributed by atoms with van der Waals surface area (Å²) in [4.78, 5) is 5.37. The van der Waals surface area contributed by atoms with Crippen molar-refractivity contribution >= 4 is 58.8 Å². The van der Waals surface area contributed by atoms with E-state index < -0.39 is 0 Å². The minimum atomic E-state index is 0.971. The van der Waals surface area contributed by atoms with Gasteiger partial charge in [0.25, 0.3) is 0 Å². The zero-order chi connectivity index (χ0) is 35.6. The molecular formula is C51H32N2S. The first-order valence-corrected chi connectivity index (χ1v) is 19.2. The van der Waals surface area contributed by atoms with E-state index in [1.165, 1.54) is 64.3 Å². The Morgan fingerprint density at radius 2 is 0.944 bits per heavy atom. The SMILES string of the molecule is c1ccc(-c2nc3c4ccccc4c4cc(-c5ccc(-c6cccc(-c7cccc8c7sc7ccccc78)c6)cc5)ccc4n3c2-c2ccccc2)cc1. The van der Waals surface area contributed by atoms with Crippen LogP contribution in [0.3, 0.4) is 0 Å². The molecule has 0 unspecified atom stereocenters. The molecule has 0 saturated heterocycles. The van der Waals surface area contributed by atoms with Crippen LogP contribution < -0.4 is 0 Å². The summed E-state index contributed by atoms with van der Waals surface area (Å²) in [6.07, 6.45) is 0. The monoisotopic (exact) mass is 704 g/mol. The molecule has 0 aliphatic heterocycles. The molecular weight excluding hydrogens is 673 g/mol. The van der Waals surface area contributed by atoms with Crippen LogP contribution in [0.5, 0.6) is 0 Å². The maximum Gasteiger partial charge on any atom is 0.146 e. The summed E-state index contributed by atoms with van der Waals surface area (Å²) >= 11 is 1.88. The highest BCUT2D eigenvalue weighted by Gasteiger charge is 2.21. The summed E-state index contributed by atoms with van der Waals surface area (Å²) in [5, 5.41) is 6.21. The van der Waals surface area contributed by atoms with E-state index in [0.717, 1.165) is 39.1 Å². The van der Waals surface area contributed by atoms with Gasteiger partial charge in [0.1, 0.15) is 5.65 Å². The number of pyridine rings is 1. The highest BCUT2D eigenvalue weighted by atomic mass is 32.1. The van der Waals surface area contributed by atoms with E-state index in [2.05, 4.69) is 199 Å². The van der Waals surface area contributed by atoms with Crippen molar-refractivity contribution in [2.75, 3.05) is 0 Å². The molecule has 3 aromatic heterocycles. The van der Waals surface area contributed by atoms with E-state index in [1.54, 1.807) is 0 Å². The van der Waals surface area contributed by atoms with Gasteiger partial charge < -0.3 is 0 Å². The van der Waals surface area contributed by atoms with Gasteiger partial charge in [-0.2, -0.15) is 0 Å². The summed E-state index contributed by atoms with van der Waals surface area (Å²) in [5.74, 6) is 0. The van der Waals surface area contributed by atoms with Gasteiger partial charge in [0.15, 0.2) is 0 Å². The predicted molar refractivity (Wildman–Crippen MR) is 230 cm³/mol. The Bertz CT molecular complexity index is 3190. The Hall–Kier alpha value is -6.81. The fourth-order valence-electron chi connectivity index (χ4n) is 8.23. The molecule has 3 heteroatoms. The number of aromatic nitrogens is 2. The first kappa shape index (κ1) is 30.8. The Morgan fingerprint density at radius 1 is 0.370 bits per heavy atom. The first-order valence-electron chi connectivity index (χ1n) is 18.4. The quantitative estimate of drug-likeness (QED) is 0.163. The van der Waals surface area contributed by atoms with Gasteiger partial charge >= 0.3 is 0 Å². The van der Waals surface area contributed by atoms with Crippen LogP contribution in [0, 0.1) is 0 Å². The van der Waals surface area contributed by atoms with Crippen molar-refractivity contribution in [2.45, 2.75) is 0 Å². The molecule has 2 nitrogen and oxygen atoms in total. The lowest BCUT2D eigenvalue weighted by molar-refractivity contribution is 1.27. The molecule has 8 aromatic carbocycles. The number of rotatable bonds is 5. The lowest BCUT2D eigenvalue weighted by Crippen LogP contribution is -1.95. The average molecular weight is 705 g/mol. The number of hydrogen-bond acceptors (Lipinski definition) is 2. The number of nitrogens with zero attached hydrogens (tertiary/aromatic N) is 2. The number of imidazole rings is 1. The number of thiophene rings is 1. The molecule has 54 heavy (non-hydrogen) atoms. The van der Waals surface area contributed by atoms with Gasteiger partial charge in [-0.05, 0) is 63.0 Å². The van der Waals surface area contributed by atoms with E-state index in [1.807, 2.05) is 11.3 Å². The van der Waals surface area contributed by atoms with Crippen molar-refractivity contribution < 1.29 is 0 Å². The second kappa shape index (κ2) is 12.4. The molecule has 0 aliphatic carbocycles. The van der Waals surface area contributed by atoms with E-state index in [0.29, 0.717) is 0 Å². The molecule has 3 heterocycles. The molecule has 0 N–H and O–H groups in total. The van der Waals surface area contributed by atoms with Gasteiger partial charge in [-0.25, -0.2) is 4.98 Å². The third-order valence-corrected chi connectivity index (χ3v) is 12.0. The second-order valence-corrected chi connectivity index (χ2v) is 15.0. The third kappa shape index (κ3) is 4.90. The Balaban J connectivity index is 1.03. The van der Waals surface area contributed by atoms with Crippen LogP contribution in [0.15, 0.2) is 194 Å². The van der Waals surface area contributed by atoms with Gasteiger partial charge in [-0.3, -0.25) is 4.40 Å². The van der Waals surface area contributed by atoms with Gasteiger partial charge in [-0.15, -0.1) is 11.3 Å². The standard InChI is InChI=1S/C51H32N2S/c1-3-13-35(14-4-1)48-49(36-15-5-2-6-16-36)53-46-30-29-38(32-45(46)41-19-7-8-21-44(41)51(53)52-48)34-27-25-33(26-28-34)37-17-11-18-39(31-37)40-22-12-23-43-42-20-9-10-24-47(42)54-50(40)43/h1-32H. The van der Waals surface area contributed by atoms with Crippen molar-refractivity contribution in [1.29, 1.82) is 0 Å². The second-order valence-electron chi connectivity index (χ2n) is 13.9. The maximum atomic E-state index is 5.37. The molecule has 0 saturated carbocycles. The maximum absolute atomic E-state index is 5.37. The van der Waals surface area contributed by atoms with Crippen LogP contribution in [0.2, 0.25) is 0 Å². The van der Waals surface area contributed by atoms with Crippen molar-refractivity contribution in [3.05, 3.63) is 194 Å². The molecule has 11 aromatic rings. The van der Waals surface area contributed by atoms with Crippen molar-refractivity contribution in [1.82, 2.24) is 9.38 Å². The lowest BCUT2D eigenvalue weighted by atomic mass is 9.95. The third-order valence-electron chi connectivity index (χ3n) is 10.8. The molecule has 0 aliphatic rings. The number of benzene rings is 8. The molecule has 0 bridgehead atoms. The summed E-state index contributed by atoms with van der Waals surface area (Å²) in [6, 6.07) is 70.2. The molecule has 0 fully saturated rings. The average Bonchev–Trinajstić information content (AvgIpc) is 3.84. The van der Waals surface area contributed by atoms with Crippen LogP contribution in [0.25, 0.3) is 103 Å². The Labute approximate surface area is 316 Å². The topological polar surface area (TPSA) is 17.3 Å². The predicted octanol–water partition coefficient (Wildman–Crippen LogP) is 14.3. The van der Waals surface area contributed by atoms with Crippen molar-refractivity contribution in [3.63, 3.8) is 0 Å². The minimum Gasteiger partial charge on any atom is -0.291 e. The summed E-state index contributed by atoms with van der Waals surface area (Å²) in [5.41, 5.74) is 13.8. The van der Waals surface area contributed by atoms with Gasteiger partial charge in [-0.1, -0.05) is 170 Å². The van der Waals surface area contributed by atoms with Crippen LogP contribution in [0.4, 0.5) is 0 Å². The van der Waals surface area contributed by atoms with Crippen LogP contribution >= 0.6 is 11.3 Å². The van der Waals surface area contributed by atoms with E-state index >= 15 is 0 Å². The lowest BCUT2D eigenvalue weighted by Gasteiger charge is -2.13. The van der Waals surface area contributed by atoms with E-state index in [4.69, 9.17) is 4.98 Å². The van der Waals surface area contributed by atoms with Crippen LogP contribution in [-0.2, 0) is 0 Å². The molecule has 0 amide bonds. The smallest absolute Gasteiger partial charge is 0.146 e. The Morgan fingerprint density at radius 3 is 1.72 bits per heavy atom. The summed E-state index contributed by atoms with van der Waals surface area (Å²) in [6.45, 7) is 0. The molecule has 0 atom stereocenters. The number of hydrogen-bond donors (Lipinski definition) is 0. The van der Waals surface area contributed by atoms with Crippen LogP contribution in [-0.4, -0.2) is 9.38 Å². The highest BCUT2D eigenvalue weighted by Crippen LogP contribution is 2.42. The van der Waals surface area contributed by atoms with Gasteiger partial charge in [0.2, 0.25) is 0 Å². The fraction of sp³-hybridized carbons (Fsp3) is 0. The molecule has 0 spiro atoms. The zero-order valence-corrected chi connectivity index (χ0v) is 30.1. The zero-order valence-electron chi connectivity index (χ0n) is 29.3. The summed E-state index contributed by atoms with van der Waals surface area (Å²) < 4.78 is 5.04. The van der Waals surface area contributed by atoms with E-state index in [-0.39, 0.29) is 0 Å². The molecule has 252 valence electrons. The van der Waals surface area contributed by atoms with Crippen LogP contribution in [0.1, 0.15) is 0 Å². The van der Waals surface area contributed by atoms with Crippen molar-refractivity contribution in [3.8, 4) is 55.9 Å². The fourth-order valence-corrected chi connectivity index (χ4v) is 9.47. The number of fused-ring (bicyclic) bond motifs is 9. The largest absolute Gasteiger partial charge is 0.291 e. The van der Waals surface area contributed by atoms with Crippen molar-refractivity contribution in [2.24, 2.45) is 0 Å². The normalized spacial score (nSPS) is 11.7. The highest BCUT2D eigenvalue weighted by molar-refractivity contribution is 7.26. The van der Waals surface area contributed by atoms with Gasteiger partial charge in [0, 0.05) is 42.1 Å². The Kier molecular flexibility index (Phi) is 7.07. The first-order chi connectivity index (χ1) is 26.8. The van der Waals surface area contributed by atoms with E-state index in [9.17, 15) is 0 Å². The molecule has 11 rings (SSSR count). The van der Waals surface area contributed by atoms with Gasteiger partial charge in [0.05, 0.1) is 16.9 Å².